The van der Waals surface area contributed by atoms with Crippen molar-refractivity contribution in [2.45, 2.75) is 25.9 Å². The van der Waals surface area contributed by atoms with Crippen LogP contribution >= 0.6 is 23.2 Å². The Bertz CT molecular complexity index is 656. The number of ether oxygens (including phenoxy) is 1. The summed E-state index contributed by atoms with van der Waals surface area (Å²) in [5.74, 6) is 0.498. The van der Waals surface area contributed by atoms with E-state index in [1.54, 1.807) is 42.5 Å². The Balaban J connectivity index is 2.20. The van der Waals surface area contributed by atoms with E-state index in [1.807, 2.05) is 6.92 Å². The lowest BCUT2D eigenvalue weighted by molar-refractivity contribution is 0.0777. The summed E-state index contributed by atoms with van der Waals surface area (Å²) in [7, 11) is 0. The van der Waals surface area contributed by atoms with Gasteiger partial charge in [-0.05, 0) is 48.9 Å². The van der Waals surface area contributed by atoms with E-state index >= 15 is 0 Å². The van der Waals surface area contributed by atoms with Crippen molar-refractivity contribution in [2.75, 3.05) is 5.73 Å². The number of carbonyl (C=O) groups is 1. The highest BCUT2D eigenvalue weighted by Gasteiger charge is 2.22. The van der Waals surface area contributed by atoms with Gasteiger partial charge in [0.25, 0.3) is 0 Å². The van der Waals surface area contributed by atoms with Crippen LogP contribution in [0.25, 0.3) is 0 Å². The Morgan fingerprint density at radius 3 is 2.41 bits per heavy atom. The summed E-state index contributed by atoms with van der Waals surface area (Å²) in [5.41, 5.74) is 6.79. The highest BCUT2D eigenvalue weighted by molar-refractivity contribution is 6.42. The van der Waals surface area contributed by atoms with E-state index in [2.05, 4.69) is 0 Å². The third-order valence-corrected chi connectivity index (χ3v) is 3.94. The van der Waals surface area contributed by atoms with E-state index in [0.717, 1.165) is 6.42 Å². The number of hydrogen-bond donors (Lipinski definition) is 1. The van der Waals surface area contributed by atoms with Crippen molar-refractivity contribution in [1.82, 2.24) is 0 Å². The fourth-order valence-electron chi connectivity index (χ4n) is 2.05. The second-order valence-corrected chi connectivity index (χ2v) is 5.77. The topological polar surface area (TPSA) is 52.3 Å². The Kier molecular flexibility index (Phi) is 5.69. The average Bonchev–Trinajstić information content (AvgIpc) is 2.51. The van der Waals surface area contributed by atoms with E-state index in [4.69, 9.17) is 33.7 Å². The van der Waals surface area contributed by atoms with Crippen LogP contribution in [0.3, 0.4) is 0 Å². The molecule has 2 rings (SSSR count). The van der Waals surface area contributed by atoms with Crippen molar-refractivity contribution in [3.05, 3.63) is 58.1 Å². The minimum atomic E-state index is -0.564. The summed E-state index contributed by atoms with van der Waals surface area (Å²) in [6.07, 6.45) is 0.877. The van der Waals surface area contributed by atoms with Gasteiger partial charge in [-0.2, -0.15) is 0 Å². The number of benzene rings is 2. The summed E-state index contributed by atoms with van der Waals surface area (Å²) in [6, 6.07) is 11.8. The summed E-state index contributed by atoms with van der Waals surface area (Å²) in [5, 5.41) is 0.778. The van der Waals surface area contributed by atoms with Gasteiger partial charge in [0.2, 0.25) is 5.78 Å². The molecule has 3 nitrogen and oxygen atoms in total. The first kappa shape index (κ1) is 16.7. The van der Waals surface area contributed by atoms with Gasteiger partial charge >= 0.3 is 0 Å². The van der Waals surface area contributed by atoms with Crippen LogP contribution in [0.5, 0.6) is 5.75 Å². The summed E-state index contributed by atoms with van der Waals surface area (Å²) < 4.78 is 5.82. The van der Waals surface area contributed by atoms with E-state index in [1.165, 1.54) is 0 Å². The van der Waals surface area contributed by atoms with Gasteiger partial charge in [-0.1, -0.05) is 36.5 Å². The number of Topliss-reactive ketones (excluding diaryl/α,β-unsaturated/α-hetero) is 1. The number of nitrogen functional groups attached to an aromatic ring is 1. The smallest absolute Gasteiger partial charge is 0.203 e. The maximum Gasteiger partial charge on any atom is 0.203 e. The maximum absolute atomic E-state index is 12.6. The molecule has 0 aliphatic heterocycles. The van der Waals surface area contributed by atoms with Crippen LogP contribution in [0.2, 0.25) is 10.0 Å². The lowest BCUT2D eigenvalue weighted by Gasteiger charge is -2.18. The molecule has 0 bridgehead atoms. The van der Waals surface area contributed by atoms with Gasteiger partial charge < -0.3 is 10.5 Å². The molecule has 1 atom stereocenters. The molecule has 0 aliphatic rings. The number of anilines is 1. The number of hydrogen-bond acceptors (Lipinski definition) is 3. The second-order valence-electron chi connectivity index (χ2n) is 4.96. The molecule has 2 aromatic carbocycles. The normalized spacial score (nSPS) is 12.0. The maximum atomic E-state index is 12.6. The van der Waals surface area contributed by atoms with Crippen LogP contribution in [0.15, 0.2) is 42.5 Å². The highest BCUT2D eigenvalue weighted by Crippen LogP contribution is 2.25. The molecule has 0 spiro atoms. The monoisotopic (exact) mass is 337 g/mol. The summed E-state index contributed by atoms with van der Waals surface area (Å²) >= 11 is 11.9. The Morgan fingerprint density at radius 1 is 1.14 bits per heavy atom. The number of rotatable bonds is 6. The van der Waals surface area contributed by atoms with Crippen molar-refractivity contribution in [3.8, 4) is 5.75 Å². The zero-order valence-corrected chi connectivity index (χ0v) is 13.7. The predicted octanol–water partition coefficient (Wildman–Crippen LogP) is 5.01. The van der Waals surface area contributed by atoms with E-state index < -0.39 is 6.10 Å². The number of nitrogens with two attached hydrogens (primary N) is 1. The van der Waals surface area contributed by atoms with Crippen LogP contribution in [0.1, 0.15) is 30.1 Å². The quantitative estimate of drug-likeness (QED) is 0.595. The standard InChI is InChI=1S/C17H17Cl2NO2/c1-2-3-16(22-13-7-5-12(20)6-8-13)17(21)11-4-9-14(18)15(19)10-11/h4-10,16H,2-3,20H2,1H3. The van der Waals surface area contributed by atoms with Crippen molar-refractivity contribution in [3.63, 3.8) is 0 Å². The van der Waals surface area contributed by atoms with Crippen molar-refractivity contribution < 1.29 is 9.53 Å². The highest BCUT2D eigenvalue weighted by atomic mass is 35.5. The average molecular weight is 338 g/mol. The number of carbonyl (C=O) groups excluding carboxylic acids is 1. The van der Waals surface area contributed by atoms with Crippen LogP contribution in [0.4, 0.5) is 5.69 Å². The Hall–Kier alpha value is -1.71. The molecule has 116 valence electrons. The molecular formula is C17H17Cl2NO2. The third kappa shape index (κ3) is 4.15. The van der Waals surface area contributed by atoms with E-state index in [0.29, 0.717) is 33.5 Å². The van der Waals surface area contributed by atoms with Crippen molar-refractivity contribution in [2.24, 2.45) is 0 Å². The zero-order valence-electron chi connectivity index (χ0n) is 12.2. The first-order valence-corrected chi connectivity index (χ1v) is 7.78. The summed E-state index contributed by atoms with van der Waals surface area (Å²) in [4.78, 5) is 12.6. The van der Waals surface area contributed by atoms with Gasteiger partial charge in [0, 0.05) is 11.3 Å². The molecule has 0 aromatic heterocycles. The molecule has 2 aromatic rings. The molecular weight excluding hydrogens is 321 g/mol. The van der Waals surface area contributed by atoms with Gasteiger partial charge in [0.1, 0.15) is 5.75 Å². The molecule has 0 fully saturated rings. The van der Waals surface area contributed by atoms with Crippen molar-refractivity contribution in [1.29, 1.82) is 0 Å². The minimum absolute atomic E-state index is 0.114. The molecule has 0 radical (unpaired) electrons. The van der Waals surface area contributed by atoms with E-state index in [9.17, 15) is 4.79 Å². The van der Waals surface area contributed by atoms with Crippen molar-refractivity contribution >= 4 is 34.7 Å². The molecule has 0 heterocycles. The minimum Gasteiger partial charge on any atom is -0.482 e. The van der Waals surface area contributed by atoms with Gasteiger partial charge in [-0.15, -0.1) is 0 Å². The van der Waals surface area contributed by atoms with Crippen LogP contribution in [-0.2, 0) is 0 Å². The lowest BCUT2D eigenvalue weighted by Crippen LogP contribution is -2.27. The SMILES string of the molecule is CCCC(Oc1ccc(N)cc1)C(=O)c1ccc(Cl)c(Cl)c1. The molecule has 22 heavy (non-hydrogen) atoms. The Labute approximate surface area is 140 Å². The van der Waals surface area contributed by atoms with Gasteiger partial charge in [-0.25, -0.2) is 0 Å². The molecule has 1 unspecified atom stereocenters. The molecule has 0 amide bonds. The molecule has 0 saturated heterocycles. The molecule has 0 aliphatic carbocycles. The molecule has 0 saturated carbocycles. The van der Waals surface area contributed by atoms with Crippen LogP contribution in [0, 0.1) is 0 Å². The zero-order chi connectivity index (χ0) is 16.1. The molecule has 2 N–H and O–H groups in total. The fourth-order valence-corrected chi connectivity index (χ4v) is 2.35. The summed E-state index contributed by atoms with van der Waals surface area (Å²) in [6.45, 7) is 2.00. The van der Waals surface area contributed by atoms with Crippen LogP contribution < -0.4 is 10.5 Å². The number of halogens is 2. The van der Waals surface area contributed by atoms with Gasteiger partial charge in [-0.3, -0.25) is 4.79 Å². The largest absolute Gasteiger partial charge is 0.482 e. The van der Waals surface area contributed by atoms with E-state index in [-0.39, 0.29) is 5.78 Å². The number of ketones is 1. The second kappa shape index (κ2) is 7.52. The predicted molar refractivity (Wildman–Crippen MR) is 91.0 cm³/mol. The molecule has 5 heteroatoms. The van der Waals surface area contributed by atoms with Gasteiger partial charge in [0.05, 0.1) is 10.0 Å². The first-order chi connectivity index (χ1) is 10.5. The third-order valence-electron chi connectivity index (χ3n) is 3.21. The first-order valence-electron chi connectivity index (χ1n) is 7.02. The lowest BCUT2D eigenvalue weighted by atomic mass is 10.0. The van der Waals surface area contributed by atoms with Gasteiger partial charge in [0.15, 0.2) is 6.10 Å². The van der Waals surface area contributed by atoms with Crippen LogP contribution in [-0.4, -0.2) is 11.9 Å². The fraction of sp³-hybridized carbons (Fsp3) is 0.235. The Morgan fingerprint density at radius 2 is 1.82 bits per heavy atom.